The molecule has 0 aliphatic carbocycles. The lowest BCUT2D eigenvalue weighted by Crippen LogP contribution is -2.29. The van der Waals surface area contributed by atoms with E-state index in [4.69, 9.17) is 11.6 Å². The van der Waals surface area contributed by atoms with Crippen molar-refractivity contribution in [2.24, 2.45) is 0 Å². The van der Waals surface area contributed by atoms with E-state index in [-0.39, 0.29) is 11.1 Å². The number of hydrogen-bond donors (Lipinski definition) is 1. The number of nitrogens with zero attached hydrogens (tertiary/aromatic N) is 2. The molecule has 1 N–H and O–H groups in total. The van der Waals surface area contributed by atoms with E-state index < -0.39 is 0 Å². The Kier molecular flexibility index (Phi) is 5.89. The first-order valence-electron chi connectivity index (χ1n) is 8.39. The van der Waals surface area contributed by atoms with Crippen molar-refractivity contribution >= 4 is 45.9 Å². The maximum absolute atomic E-state index is 12.1. The number of piperidine rings is 1. The first-order valence-corrected chi connectivity index (χ1v) is 9.76. The molecule has 3 rings (SSSR count). The largest absolute Gasteiger partial charge is 0.370 e. The molecule has 7 heteroatoms. The average Bonchev–Trinajstić information content (AvgIpc) is 2.99. The molecule has 2 saturated heterocycles. The second-order valence-corrected chi connectivity index (χ2v) is 7.57. The summed E-state index contributed by atoms with van der Waals surface area (Å²) >= 11 is 7.71. The number of amides is 2. The average molecular weight is 368 g/mol. The lowest BCUT2D eigenvalue weighted by molar-refractivity contribution is -0.116. The van der Waals surface area contributed by atoms with Crippen LogP contribution in [0.15, 0.2) is 18.2 Å². The predicted octanol–water partition coefficient (Wildman–Crippen LogP) is 3.83. The predicted molar refractivity (Wildman–Crippen MR) is 100 cm³/mol. The minimum atomic E-state index is -0.0958. The fourth-order valence-electron chi connectivity index (χ4n) is 3.06. The maximum Gasteiger partial charge on any atom is 0.281 e. The molecule has 5 nitrogen and oxygen atoms in total. The molecule has 0 aromatic heterocycles. The van der Waals surface area contributed by atoms with Gasteiger partial charge in [-0.05, 0) is 37.5 Å². The molecule has 2 amide bonds. The first-order chi connectivity index (χ1) is 11.6. The summed E-state index contributed by atoms with van der Waals surface area (Å²) in [6.07, 6.45) is 3.97. The van der Waals surface area contributed by atoms with Crippen LogP contribution in [0.1, 0.15) is 25.7 Å². The summed E-state index contributed by atoms with van der Waals surface area (Å²) in [7, 11) is 0. The van der Waals surface area contributed by atoms with Crippen molar-refractivity contribution < 1.29 is 9.59 Å². The van der Waals surface area contributed by atoms with Crippen LogP contribution in [0.5, 0.6) is 0 Å². The highest BCUT2D eigenvalue weighted by atomic mass is 35.5. The van der Waals surface area contributed by atoms with Crippen molar-refractivity contribution in [3.8, 4) is 0 Å². The Bertz CT molecular complexity index is 620. The van der Waals surface area contributed by atoms with Crippen LogP contribution < -0.4 is 10.2 Å². The van der Waals surface area contributed by atoms with E-state index in [1.54, 1.807) is 11.0 Å². The van der Waals surface area contributed by atoms with Crippen LogP contribution >= 0.6 is 23.4 Å². The Hall–Kier alpha value is -1.40. The lowest BCUT2D eigenvalue weighted by atomic mass is 10.1. The second kappa shape index (κ2) is 8.12. The Labute approximate surface area is 151 Å². The third kappa shape index (κ3) is 4.36. The van der Waals surface area contributed by atoms with Crippen LogP contribution in [0.2, 0.25) is 5.02 Å². The van der Waals surface area contributed by atoms with Gasteiger partial charge in [0, 0.05) is 44.0 Å². The fraction of sp³-hybridized carbons (Fsp3) is 0.529. The molecule has 130 valence electrons. The smallest absolute Gasteiger partial charge is 0.281 e. The molecule has 2 heterocycles. The van der Waals surface area contributed by atoms with E-state index in [1.165, 1.54) is 31.0 Å². The van der Waals surface area contributed by atoms with Crippen molar-refractivity contribution in [3.05, 3.63) is 23.2 Å². The van der Waals surface area contributed by atoms with Gasteiger partial charge in [0.05, 0.1) is 10.7 Å². The van der Waals surface area contributed by atoms with E-state index in [0.29, 0.717) is 23.7 Å². The fourth-order valence-corrected chi connectivity index (χ4v) is 4.22. The number of nitrogens with one attached hydrogen (secondary N) is 1. The molecular formula is C17H22ClN3O2S. The highest BCUT2D eigenvalue weighted by Gasteiger charge is 2.21. The number of rotatable bonds is 5. The molecule has 1 aromatic rings. The van der Waals surface area contributed by atoms with Crippen molar-refractivity contribution in [2.75, 3.05) is 42.1 Å². The van der Waals surface area contributed by atoms with Gasteiger partial charge in [0.25, 0.3) is 5.24 Å². The summed E-state index contributed by atoms with van der Waals surface area (Å²) in [6.45, 7) is 3.27. The lowest BCUT2D eigenvalue weighted by Gasteiger charge is -2.29. The van der Waals surface area contributed by atoms with E-state index in [9.17, 15) is 9.59 Å². The number of hydrogen-bond acceptors (Lipinski definition) is 4. The summed E-state index contributed by atoms with van der Waals surface area (Å²) in [5.74, 6) is 0.718. The zero-order chi connectivity index (χ0) is 16.9. The number of benzene rings is 1. The van der Waals surface area contributed by atoms with E-state index in [2.05, 4.69) is 10.2 Å². The normalized spacial score (nSPS) is 18.1. The number of anilines is 2. The van der Waals surface area contributed by atoms with Gasteiger partial charge in [-0.3, -0.25) is 9.59 Å². The zero-order valence-electron chi connectivity index (χ0n) is 13.6. The molecule has 2 fully saturated rings. The van der Waals surface area contributed by atoms with Gasteiger partial charge in [0.1, 0.15) is 0 Å². The highest BCUT2D eigenvalue weighted by molar-refractivity contribution is 8.13. The summed E-state index contributed by atoms with van der Waals surface area (Å²) in [6, 6.07) is 5.68. The zero-order valence-corrected chi connectivity index (χ0v) is 15.2. The molecule has 0 radical (unpaired) electrons. The third-order valence-electron chi connectivity index (χ3n) is 4.38. The van der Waals surface area contributed by atoms with Gasteiger partial charge in [0.15, 0.2) is 0 Å². The van der Waals surface area contributed by atoms with Gasteiger partial charge in [-0.25, -0.2) is 0 Å². The Morgan fingerprint density at radius 1 is 1.21 bits per heavy atom. The topological polar surface area (TPSA) is 52.7 Å². The molecule has 1 aromatic carbocycles. The van der Waals surface area contributed by atoms with Crippen LogP contribution in [0, 0.1) is 0 Å². The van der Waals surface area contributed by atoms with Crippen LogP contribution in [0.4, 0.5) is 16.2 Å². The van der Waals surface area contributed by atoms with Gasteiger partial charge >= 0.3 is 0 Å². The van der Waals surface area contributed by atoms with Gasteiger partial charge in [0.2, 0.25) is 5.91 Å². The van der Waals surface area contributed by atoms with Crippen LogP contribution in [0.25, 0.3) is 0 Å². The maximum atomic E-state index is 12.1. The van der Waals surface area contributed by atoms with E-state index >= 15 is 0 Å². The second-order valence-electron chi connectivity index (χ2n) is 6.11. The summed E-state index contributed by atoms with van der Waals surface area (Å²) in [5.41, 5.74) is 1.74. The molecule has 0 spiro atoms. The number of thioether (sulfide) groups is 1. The van der Waals surface area contributed by atoms with Gasteiger partial charge < -0.3 is 15.1 Å². The van der Waals surface area contributed by atoms with E-state index in [1.807, 2.05) is 12.1 Å². The van der Waals surface area contributed by atoms with Crippen molar-refractivity contribution in [3.63, 3.8) is 0 Å². The number of carbonyl (C=O) groups is 2. The summed E-state index contributed by atoms with van der Waals surface area (Å²) in [5, 5.41) is 3.60. The Balaban J connectivity index is 1.54. The van der Waals surface area contributed by atoms with Crippen LogP contribution in [0.3, 0.4) is 0 Å². The number of carbonyl (C=O) groups excluding carboxylic acids is 2. The van der Waals surface area contributed by atoms with Gasteiger partial charge in [-0.15, -0.1) is 0 Å². The minimum absolute atomic E-state index is 0.0664. The molecule has 24 heavy (non-hydrogen) atoms. The van der Waals surface area contributed by atoms with Crippen LogP contribution in [-0.4, -0.2) is 48.0 Å². The third-order valence-corrected chi connectivity index (χ3v) is 5.58. The van der Waals surface area contributed by atoms with Gasteiger partial charge in [-0.1, -0.05) is 23.4 Å². The van der Waals surface area contributed by atoms with Crippen molar-refractivity contribution in [2.45, 2.75) is 25.7 Å². The Morgan fingerprint density at radius 2 is 2.00 bits per heavy atom. The Morgan fingerprint density at radius 3 is 2.67 bits per heavy atom. The molecule has 0 bridgehead atoms. The first kappa shape index (κ1) is 17.4. The quantitative estimate of drug-likeness (QED) is 0.859. The molecule has 2 aliphatic rings. The minimum Gasteiger partial charge on any atom is -0.370 e. The molecule has 0 unspecified atom stereocenters. The number of halogens is 1. The SMILES string of the molecule is O=C(CCN1CCSC1=O)Nc1ccc(N2CCCCC2)c(Cl)c1. The van der Waals surface area contributed by atoms with Crippen molar-refractivity contribution in [1.29, 1.82) is 0 Å². The summed E-state index contributed by atoms with van der Waals surface area (Å²) < 4.78 is 0. The van der Waals surface area contributed by atoms with Crippen molar-refractivity contribution in [1.82, 2.24) is 4.90 Å². The van der Waals surface area contributed by atoms with Gasteiger partial charge in [-0.2, -0.15) is 0 Å². The molecule has 2 aliphatic heterocycles. The molecule has 0 atom stereocenters. The molecule has 0 saturated carbocycles. The monoisotopic (exact) mass is 367 g/mol. The van der Waals surface area contributed by atoms with Crippen LogP contribution in [-0.2, 0) is 4.79 Å². The highest BCUT2D eigenvalue weighted by Crippen LogP contribution is 2.30. The standard InChI is InChI=1S/C17H22ClN3O2S/c18-14-12-13(4-5-15(14)20-7-2-1-3-8-20)19-16(22)6-9-21-10-11-24-17(21)23/h4-5,12H,1-3,6-11H2,(H,19,22). The summed E-state index contributed by atoms with van der Waals surface area (Å²) in [4.78, 5) is 27.6. The van der Waals surface area contributed by atoms with E-state index in [0.717, 1.165) is 31.1 Å². The molecular weight excluding hydrogens is 346 g/mol.